The number of amides is 1. The molecule has 3 aromatic rings. The first-order valence-corrected chi connectivity index (χ1v) is 8.93. The van der Waals surface area contributed by atoms with Crippen molar-refractivity contribution in [2.45, 2.75) is 12.0 Å². The highest BCUT2D eigenvalue weighted by molar-refractivity contribution is 6.35. The van der Waals surface area contributed by atoms with Crippen molar-refractivity contribution in [3.63, 3.8) is 0 Å². The number of likely N-dealkylation sites (N-methyl/N-ethyl adjacent to an activating group) is 1. The number of likely N-dealkylation sites (tertiary alicyclic amines) is 1. The van der Waals surface area contributed by atoms with Gasteiger partial charge in [-0.1, -0.05) is 35.6 Å². The predicted octanol–water partition coefficient (Wildman–Crippen LogP) is 1.87. The number of aromatic nitrogens is 3. The highest BCUT2D eigenvalue weighted by atomic mass is 35.5. The van der Waals surface area contributed by atoms with E-state index in [4.69, 9.17) is 17.3 Å². The molecule has 0 spiro atoms. The quantitative estimate of drug-likeness (QED) is 0.611. The summed E-state index contributed by atoms with van der Waals surface area (Å²) in [5.74, 6) is 5.92. The Kier molecular flexibility index (Phi) is 4.38. The van der Waals surface area contributed by atoms with Crippen LogP contribution in [-0.4, -0.2) is 50.1 Å². The molecule has 1 aliphatic heterocycles. The van der Waals surface area contributed by atoms with Gasteiger partial charge in [-0.05, 0) is 12.1 Å². The van der Waals surface area contributed by atoms with Gasteiger partial charge in [-0.3, -0.25) is 4.79 Å². The molecular formula is C20H16ClN5O2. The molecule has 1 atom stereocenters. The molecule has 1 aliphatic rings. The molecule has 28 heavy (non-hydrogen) atoms. The standard InChI is InChI=1S/C20H16ClN5O2/c1-26-8-7-20(28,19(26)27)6-5-12-3-2-4-13(9-12)18-24-10-14-15(21)11-23-17(22)16(14)25-18/h2-4,9-11,28H,7-8H2,1H3,(H2,22,23). The fraction of sp³-hybridized carbons (Fsp3) is 0.200. The predicted molar refractivity (Wildman–Crippen MR) is 106 cm³/mol. The molecule has 1 aromatic carbocycles. The molecule has 1 unspecified atom stereocenters. The Bertz CT molecular complexity index is 1170. The Labute approximate surface area is 166 Å². The van der Waals surface area contributed by atoms with Crippen LogP contribution in [0.1, 0.15) is 12.0 Å². The second kappa shape index (κ2) is 6.75. The Balaban J connectivity index is 1.71. The average Bonchev–Trinajstić information content (AvgIpc) is 2.97. The van der Waals surface area contributed by atoms with Crippen LogP contribution in [0.3, 0.4) is 0 Å². The van der Waals surface area contributed by atoms with Crippen LogP contribution < -0.4 is 5.73 Å². The second-order valence-electron chi connectivity index (χ2n) is 6.62. The summed E-state index contributed by atoms with van der Waals surface area (Å²) in [5, 5.41) is 11.5. The van der Waals surface area contributed by atoms with Gasteiger partial charge in [-0.25, -0.2) is 15.0 Å². The molecule has 1 amide bonds. The van der Waals surface area contributed by atoms with Crippen molar-refractivity contribution < 1.29 is 9.90 Å². The molecule has 7 nitrogen and oxygen atoms in total. The molecule has 0 radical (unpaired) electrons. The van der Waals surface area contributed by atoms with Crippen molar-refractivity contribution in [1.82, 2.24) is 19.9 Å². The van der Waals surface area contributed by atoms with Crippen LogP contribution in [0.15, 0.2) is 36.7 Å². The summed E-state index contributed by atoms with van der Waals surface area (Å²) in [5.41, 5.74) is 6.10. The second-order valence-corrected chi connectivity index (χ2v) is 7.02. The lowest BCUT2D eigenvalue weighted by Gasteiger charge is -2.13. The maximum atomic E-state index is 12.0. The van der Waals surface area contributed by atoms with Gasteiger partial charge in [-0.15, -0.1) is 0 Å². The van der Waals surface area contributed by atoms with Crippen molar-refractivity contribution in [1.29, 1.82) is 0 Å². The first-order valence-electron chi connectivity index (χ1n) is 8.56. The number of nitrogens with two attached hydrogens (primary N) is 1. The SMILES string of the molecule is CN1CCC(O)(C#Cc2cccc(-c3ncc4c(Cl)cnc(N)c4n3)c2)C1=O. The van der Waals surface area contributed by atoms with Crippen LogP contribution in [0.4, 0.5) is 5.82 Å². The number of anilines is 1. The molecule has 3 heterocycles. The molecule has 3 N–H and O–H groups in total. The number of hydrogen-bond acceptors (Lipinski definition) is 6. The van der Waals surface area contributed by atoms with Gasteiger partial charge in [-0.2, -0.15) is 0 Å². The largest absolute Gasteiger partial charge is 0.382 e. The lowest BCUT2D eigenvalue weighted by Crippen LogP contribution is -2.37. The van der Waals surface area contributed by atoms with Crippen LogP contribution in [-0.2, 0) is 4.79 Å². The van der Waals surface area contributed by atoms with Gasteiger partial charge < -0.3 is 15.7 Å². The van der Waals surface area contributed by atoms with Crippen LogP contribution in [0.5, 0.6) is 0 Å². The summed E-state index contributed by atoms with van der Waals surface area (Å²) in [6, 6.07) is 7.22. The maximum Gasteiger partial charge on any atom is 0.267 e. The van der Waals surface area contributed by atoms with Crippen LogP contribution in [0.2, 0.25) is 5.02 Å². The Hall–Kier alpha value is -3.21. The molecule has 0 bridgehead atoms. The van der Waals surface area contributed by atoms with Gasteiger partial charge in [0.25, 0.3) is 5.91 Å². The highest BCUT2D eigenvalue weighted by Crippen LogP contribution is 2.27. The Morgan fingerprint density at radius 2 is 2.14 bits per heavy atom. The third-order valence-electron chi connectivity index (χ3n) is 4.65. The van der Waals surface area contributed by atoms with E-state index in [0.29, 0.717) is 33.9 Å². The third-order valence-corrected chi connectivity index (χ3v) is 4.95. The lowest BCUT2D eigenvalue weighted by atomic mass is 10.0. The number of benzene rings is 1. The van der Waals surface area contributed by atoms with Crippen LogP contribution in [0.25, 0.3) is 22.3 Å². The first kappa shape index (κ1) is 18.2. The fourth-order valence-corrected chi connectivity index (χ4v) is 3.22. The number of halogens is 1. The van der Waals surface area contributed by atoms with Gasteiger partial charge in [0.1, 0.15) is 11.3 Å². The van der Waals surface area contributed by atoms with Crippen molar-refractivity contribution in [3.8, 4) is 23.2 Å². The number of aliphatic hydroxyl groups is 1. The molecule has 1 fully saturated rings. The summed E-state index contributed by atoms with van der Waals surface area (Å²) in [6.07, 6.45) is 3.35. The number of nitrogen functional groups attached to an aromatic ring is 1. The molecule has 4 rings (SSSR count). The van der Waals surface area contributed by atoms with Gasteiger partial charge in [0.15, 0.2) is 5.82 Å². The monoisotopic (exact) mass is 393 g/mol. The summed E-state index contributed by atoms with van der Waals surface area (Å²) in [6.45, 7) is 0.479. The number of carbonyl (C=O) groups is 1. The molecule has 8 heteroatoms. The number of rotatable bonds is 1. The number of carbonyl (C=O) groups excluding carboxylic acids is 1. The molecular weight excluding hydrogens is 378 g/mol. The van der Waals surface area contributed by atoms with Crippen LogP contribution >= 0.6 is 11.6 Å². The molecule has 1 saturated heterocycles. The summed E-state index contributed by atoms with van der Waals surface area (Å²) in [4.78, 5) is 26.4. The summed E-state index contributed by atoms with van der Waals surface area (Å²) in [7, 11) is 1.65. The lowest BCUT2D eigenvalue weighted by molar-refractivity contribution is -0.137. The van der Waals surface area contributed by atoms with E-state index < -0.39 is 5.60 Å². The number of nitrogens with zero attached hydrogens (tertiary/aromatic N) is 4. The summed E-state index contributed by atoms with van der Waals surface area (Å²) >= 11 is 6.12. The Morgan fingerprint density at radius 3 is 2.89 bits per heavy atom. The van der Waals surface area contributed by atoms with E-state index in [-0.39, 0.29) is 18.1 Å². The molecule has 2 aromatic heterocycles. The third kappa shape index (κ3) is 3.13. The van der Waals surface area contributed by atoms with Gasteiger partial charge >= 0.3 is 0 Å². The van der Waals surface area contributed by atoms with E-state index in [0.717, 1.165) is 5.56 Å². The minimum Gasteiger partial charge on any atom is -0.382 e. The molecule has 0 saturated carbocycles. The summed E-state index contributed by atoms with van der Waals surface area (Å²) < 4.78 is 0. The Morgan fingerprint density at radius 1 is 1.32 bits per heavy atom. The van der Waals surface area contributed by atoms with Crippen molar-refractivity contribution in [2.75, 3.05) is 19.3 Å². The highest BCUT2D eigenvalue weighted by Gasteiger charge is 2.42. The van der Waals surface area contributed by atoms with E-state index in [1.807, 2.05) is 6.07 Å². The number of pyridine rings is 1. The van der Waals surface area contributed by atoms with Gasteiger partial charge in [0.05, 0.1) is 5.02 Å². The first-order chi connectivity index (χ1) is 13.4. The van der Waals surface area contributed by atoms with E-state index in [9.17, 15) is 9.90 Å². The maximum absolute atomic E-state index is 12.0. The molecule has 0 aliphatic carbocycles. The van der Waals surface area contributed by atoms with Gasteiger partial charge in [0.2, 0.25) is 5.60 Å². The zero-order chi connectivity index (χ0) is 19.9. The zero-order valence-corrected chi connectivity index (χ0v) is 15.7. The number of fused-ring (bicyclic) bond motifs is 1. The topological polar surface area (TPSA) is 105 Å². The van der Waals surface area contributed by atoms with Crippen molar-refractivity contribution >= 4 is 34.2 Å². The van der Waals surface area contributed by atoms with Crippen molar-refractivity contribution in [3.05, 3.63) is 47.2 Å². The zero-order valence-electron chi connectivity index (χ0n) is 15.0. The fourth-order valence-electron chi connectivity index (χ4n) is 3.03. The molecule has 140 valence electrons. The smallest absolute Gasteiger partial charge is 0.267 e. The van der Waals surface area contributed by atoms with Crippen molar-refractivity contribution in [2.24, 2.45) is 0 Å². The van der Waals surface area contributed by atoms with E-state index in [2.05, 4.69) is 26.8 Å². The van der Waals surface area contributed by atoms with Gasteiger partial charge in [0, 0.05) is 48.9 Å². The minimum atomic E-state index is -1.64. The number of hydrogen-bond donors (Lipinski definition) is 2. The normalized spacial score (nSPS) is 19.0. The van der Waals surface area contributed by atoms with E-state index in [1.54, 1.807) is 31.4 Å². The average molecular weight is 394 g/mol. The van der Waals surface area contributed by atoms with Crippen LogP contribution in [0, 0.1) is 11.8 Å². The minimum absolute atomic E-state index is 0.269. The van der Waals surface area contributed by atoms with E-state index in [1.165, 1.54) is 11.1 Å². The van der Waals surface area contributed by atoms with E-state index >= 15 is 0 Å².